The van der Waals surface area contributed by atoms with Gasteiger partial charge in [0.15, 0.2) is 5.82 Å². The molecule has 7 heteroatoms. The molecule has 100 valence electrons. The van der Waals surface area contributed by atoms with E-state index in [-0.39, 0.29) is 12.5 Å². The minimum absolute atomic E-state index is 0.166. The summed E-state index contributed by atoms with van der Waals surface area (Å²) < 4.78 is 4.99. The summed E-state index contributed by atoms with van der Waals surface area (Å²) in [5, 5.41) is 11.4. The Morgan fingerprint density at radius 2 is 2.11 bits per heavy atom. The molecule has 7 nitrogen and oxygen atoms in total. The van der Waals surface area contributed by atoms with Crippen LogP contribution in [0.4, 0.5) is 10.6 Å². The van der Waals surface area contributed by atoms with Crippen molar-refractivity contribution in [1.29, 1.82) is 0 Å². The van der Waals surface area contributed by atoms with E-state index in [1.165, 1.54) is 0 Å². The van der Waals surface area contributed by atoms with E-state index >= 15 is 0 Å². The van der Waals surface area contributed by atoms with Crippen LogP contribution in [-0.2, 0) is 9.53 Å². The normalized spacial score (nSPS) is 10.9. The van der Waals surface area contributed by atoms with E-state index < -0.39 is 11.7 Å². The molecule has 0 aliphatic rings. The number of H-pyrrole nitrogens is 1. The number of rotatable bonds is 3. The van der Waals surface area contributed by atoms with Gasteiger partial charge < -0.3 is 15.4 Å². The molecule has 0 saturated heterocycles. The smallest absolute Gasteiger partial charge is 0.408 e. The van der Waals surface area contributed by atoms with Crippen molar-refractivity contribution < 1.29 is 14.3 Å². The molecule has 3 N–H and O–H groups in total. The van der Waals surface area contributed by atoms with Crippen molar-refractivity contribution >= 4 is 17.8 Å². The van der Waals surface area contributed by atoms with Crippen molar-refractivity contribution in [2.75, 3.05) is 11.9 Å². The van der Waals surface area contributed by atoms with E-state index in [4.69, 9.17) is 4.74 Å². The highest BCUT2D eigenvalue weighted by molar-refractivity contribution is 5.93. The average Bonchev–Trinajstić information content (AvgIpc) is 2.58. The Labute approximate surface area is 105 Å². The number of carbonyl (C=O) groups excluding carboxylic acids is 2. The van der Waals surface area contributed by atoms with E-state index in [1.807, 2.05) is 6.92 Å². The van der Waals surface area contributed by atoms with Crippen molar-refractivity contribution in [3.05, 3.63) is 11.8 Å². The van der Waals surface area contributed by atoms with Crippen LogP contribution in [0, 0.1) is 6.92 Å². The maximum atomic E-state index is 11.5. The predicted molar refractivity (Wildman–Crippen MR) is 66.2 cm³/mol. The second-order valence-corrected chi connectivity index (χ2v) is 4.84. The second-order valence-electron chi connectivity index (χ2n) is 4.84. The molecular formula is C11H18N4O3. The molecule has 1 rings (SSSR count). The molecule has 0 fully saturated rings. The number of nitrogens with zero attached hydrogens (tertiary/aromatic N) is 1. The van der Waals surface area contributed by atoms with Crippen LogP contribution in [0.2, 0.25) is 0 Å². The lowest BCUT2D eigenvalue weighted by Gasteiger charge is -2.19. The van der Waals surface area contributed by atoms with Crippen LogP contribution in [0.15, 0.2) is 6.07 Å². The van der Waals surface area contributed by atoms with E-state index in [1.54, 1.807) is 26.8 Å². The highest BCUT2D eigenvalue weighted by Crippen LogP contribution is 2.06. The quantitative estimate of drug-likeness (QED) is 0.754. The van der Waals surface area contributed by atoms with Crippen LogP contribution < -0.4 is 10.6 Å². The first-order valence-electron chi connectivity index (χ1n) is 5.55. The number of alkyl carbamates (subject to hydrolysis) is 1. The Kier molecular flexibility index (Phi) is 4.30. The summed E-state index contributed by atoms with van der Waals surface area (Å²) in [6, 6.07) is 1.69. The minimum atomic E-state index is -0.629. The second kappa shape index (κ2) is 5.52. The van der Waals surface area contributed by atoms with Gasteiger partial charge in [-0.2, -0.15) is 5.10 Å². The number of aryl methyl sites for hydroxylation is 1. The third kappa shape index (κ3) is 5.33. The van der Waals surface area contributed by atoms with Crippen molar-refractivity contribution in [1.82, 2.24) is 15.5 Å². The van der Waals surface area contributed by atoms with Crippen molar-refractivity contribution in [2.24, 2.45) is 0 Å². The van der Waals surface area contributed by atoms with Gasteiger partial charge in [0.05, 0.1) is 0 Å². The molecule has 1 heterocycles. The van der Waals surface area contributed by atoms with Gasteiger partial charge in [0.2, 0.25) is 5.91 Å². The number of hydrogen-bond donors (Lipinski definition) is 3. The molecule has 0 spiro atoms. The third-order valence-electron chi connectivity index (χ3n) is 1.77. The van der Waals surface area contributed by atoms with Gasteiger partial charge in [-0.05, 0) is 27.7 Å². The fourth-order valence-corrected chi connectivity index (χ4v) is 1.14. The number of anilines is 1. The van der Waals surface area contributed by atoms with Crippen LogP contribution in [-0.4, -0.2) is 34.3 Å². The number of amides is 2. The third-order valence-corrected chi connectivity index (χ3v) is 1.77. The summed E-state index contributed by atoms with van der Waals surface area (Å²) in [7, 11) is 0. The first kappa shape index (κ1) is 14.0. The van der Waals surface area contributed by atoms with Crippen molar-refractivity contribution in [3.63, 3.8) is 0 Å². The molecule has 0 aromatic carbocycles. The van der Waals surface area contributed by atoms with Gasteiger partial charge in [-0.1, -0.05) is 0 Å². The zero-order chi connectivity index (χ0) is 13.8. The Balaban J connectivity index is 2.31. The van der Waals surface area contributed by atoms with Gasteiger partial charge in [0, 0.05) is 11.8 Å². The van der Waals surface area contributed by atoms with Gasteiger partial charge in [-0.15, -0.1) is 0 Å². The molecule has 0 aliphatic heterocycles. The fraction of sp³-hybridized carbons (Fsp3) is 0.545. The molecule has 1 aromatic heterocycles. The standard InChI is InChI=1S/C11H18N4O3/c1-7-5-8(15-14-7)13-9(16)6-12-10(17)18-11(2,3)4/h5H,6H2,1-4H3,(H,12,17)(H2,13,14,15,16). The average molecular weight is 254 g/mol. The Bertz CT molecular complexity index is 434. The molecule has 0 saturated carbocycles. The summed E-state index contributed by atoms with van der Waals surface area (Å²) >= 11 is 0. The zero-order valence-electron chi connectivity index (χ0n) is 11.0. The number of aromatic amines is 1. The summed E-state index contributed by atoms with van der Waals surface area (Å²) in [6.45, 7) is 6.90. The topological polar surface area (TPSA) is 96.1 Å². The Hall–Kier alpha value is -2.05. The molecular weight excluding hydrogens is 236 g/mol. The summed E-state index contributed by atoms with van der Waals surface area (Å²) in [5.41, 5.74) is 0.255. The van der Waals surface area contributed by atoms with Crippen LogP contribution in [0.1, 0.15) is 26.5 Å². The molecule has 0 radical (unpaired) electrons. The Morgan fingerprint density at radius 1 is 1.44 bits per heavy atom. The summed E-state index contributed by atoms with van der Waals surface area (Å²) in [5.74, 6) is 0.0517. The molecule has 1 aromatic rings. The molecule has 0 unspecified atom stereocenters. The lowest BCUT2D eigenvalue weighted by Crippen LogP contribution is -2.37. The molecule has 18 heavy (non-hydrogen) atoms. The molecule has 0 atom stereocenters. The van der Waals surface area contributed by atoms with Gasteiger partial charge >= 0.3 is 6.09 Å². The van der Waals surface area contributed by atoms with Crippen LogP contribution in [0.5, 0.6) is 0 Å². The monoisotopic (exact) mass is 254 g/mol. The van der Waals surface area contributed by atoms with Crippen LogP contribution in [0.3, 0.4) is 0 Å². The number of ether oxygens (including phenoxy) is 1. The highest BCUT2D eigenvalue weighted by atomic mass is 16.6. The van der Waals surface area contributed by atoms with Gasteiger partial charge in [0.25, 0.3) is 0 Å². The van der Waals surface area contributed by atoms with Gasteiger partial charge in [-0.25, -0.2) is 4.79 Å². The van der Waals surface area contributed by atoms with Crippen LogP contribution in [0.25, 0.3) is 0 Å². The first-order chi connectivity index (χ1) is 8.26. The fourth-order valence-electron chi connectivity index (χ4n) is 1.14. The number of carbonyl (C=O) groups is 2. The van der Waals surface area contributed by atoms with Gasteiger partial charge in [0.1, 0.15) is 12.1 Å². The number of hydrogen-bond acceptors (Lipinski definition) is 4. The van der Waals surface area contributed by atoms with E-state index in [9.17, 15) is 9.59 Å². The zero-order valence-corrected chi connectivity index (χ0v) is 11.0. The van der Waals surface area contributed by atoms with Crippen molar-refractivity contribution in [3.8, 4) is 0 Å². The maximum absolute atomic E-state index is 11.5. The van der Waals surface area contributed by atoms with E-state index in [0.717, 1.165) is 5.69 Å². The molecule has 0 aliphatic carbocycles. The predicted octanol–water partition coefficient (Wildman–Crippen LogP) is 1.18. The molecule has 2 amide bonds. The van der Waals surface area contributed by atoms with Crippen LogP contribution >= 0.6 is 0 Å². The van der Waals surface area contributed by atoms with E-state index in [0.29, 0.717) is 5.82 Å². The highest BCUT2D eigenvalue weighted by Gasteiger charge is 2.16. The van der Waals surface area contributed by atoms with E-state index in [2.05, 4.69) is 20.8 Å². The largest absolute Gasteiger partial charge is 0.444 e. The molecule has 0 bridgehead atoms. The van der Waals surface area contributed by atoms with Crippen molar-refractivity contribution in [2.45, 2.75) is 33.3 Å². The van der Waals surface area contributed by atoms with Gasteiger partial charge in [-0.3, -0.25) is 9.89 Å². The summed E-state index contributed by atoms with van der Waals surface area (Å²) in [4.78, 5) is 22.7. The Morgan fingerprint density at radius 3 is 2.61 bits per heavy atom. The lowest BCUT2D eigenvalue weighted by molar-refractivity contribution is -0.115. The summed E-state index contributed by atoms with van der Waals surface area (Å²) in [6.07, 6.45) is -0.629. The lowest BCUT2D eigenvalue weighted by atomic mass is 10.2. The minimum Gasteiger partial charge on any atom is -0.444 e. The number of nitrogens with one attached hydrogen (secondary N) is 3. The maximum Gasteiger partial charge on any atom is 0.408 e. The first-order valence-corrected chi connectivity index (χ1v) is 5.55. The number of aromatic nitrogens is 2. The SMILES string of the molecule is Cc1cc(NC(=O)CNC(=O)OC(C)(C)C)n[nH]1.